The second-order valence-corrected chi connectivity index (χ2v) is 5.29. The monoisotopic (exact) mass is 351 g/mol. The Morgan fingerprint density at radius 3 is 2.73 bits per heavy atom. The summed E-state index contributed by atoms with van der Waals surface area (Å²) in [6, 6.07) is 12.8. The molecule has 3 aromatic rings. The summed E-state index contributed by atoms with van der Waals surface area (Å²) in [6.07, 6.45) is 2.39. The van der Waals surface area contributed by atoms with Gasteiger partial charge in [0.05, 0.1) is 21.4 Å². The number of benzene rings is 2. The fraction of sp³-hybridized carbons (Fsp3) is 0.0556. The van der Waals surface area contributed by atoms with Crippen molar-refractivity contribution in [2.24, 2.45) is 0 Å². The van der Waals surface area contributed by atoms with Crippen molar-refractivity contribution < 1.29 is 14.5 Å². The van der Waals surface area contributed by atoms with Gasteiger partial charge in [0.1, 0.15) is 12.4 Å². The van der Waals surface area contributed by atoms with E-state index in [9.17, 15) is 19.7 Å². The number of esters is 1. The lowest BCUT2D eigenvalue weighted by Gasteiger charge is -2.03. The molecule has 0 saturated heterocycles. The number of aromatic amines is 1. The molecule has 0 amide bonds. The Balaban J connectivity index is 1.70. The molecule has 0 fully saturated rings. The van der Waals surface area contributed by atoms with E-state index < -0.39 is 10.9 Å². The fourth-order valence-corrected chi connectivity index (χ4v) is 2.34. The van der Waals surface area contributed by atoms with Gasteiger partial charge in [-0.15, -0.1) is 0 Å². The smallest absolute Gasteiger partial charge is 0.331 e. The molecular weight excluding hydrogens is 338 g/mol. The molecule has 0 radical (unpaired) electrons. The first kappa shape index (κ1) is 17.0. The molecule has 1 aromatic heterocycles. The van der Waals surface area contributed by atoms with Gasteiger partial charge >= 0.3 is 5.97 Å². The lowest BCUT2D eigenvalue weighted by atomic mass is 10.1. The van der Waals surface area contributed by atoms with Crippen molar-refractivity contribution in [3.8, 4) is 0 Å². The Morgan fingerprint density at radius 1 is 1.19 bits per heavy atom. The van der Waals surface area contributed by atoms with E-state index in [1.807, 2.05) is 0 Å². The van der Waals surface area contributed by atoms with E-state index in [-0.39, 0.29) is 29.2 Å². The van der Waals surface area contributed by atoms with Gasteiger partial charge in [0.25, 0.3) is 11.2 Å². The van der Waals surface area contributed by atoms with Crippen molar-refractivity contribution in [1.29, 1.82) is 0 Å². The molecule has 0 aliphatic rings. The van der Waals surface area contributed by atoms with Gasteiger partial charge in [0, 0.05) is 12.1 Å². The second-order valence-electron chi connectivity index (χ2n) is 5.29. The number of H-pyrrole nitrogens is 1. The largest absolute Gasteiger partial charge is 0.454 e. The van der Waals surface area contributed by atoms with E-state index in [0.29, 0.717) is 10.9 Å². The maximum atomic E-state index is 11.9. The van der Waals surface area contributed by atoms with E-state index in [2.05, 4.69) is 9.97 Å². The van der Waals surface area contributed by atoms with Crippen LogP contribution < -0.4 is 5.56 Å². The molecule has 2 aromatic carbocycles. The van der Waals surface area contributed by atoms with E-state index in [4.69, 9.17) is 4.74 Å². The third-order valence-corrected chi connectivity index (χ3v) is 3.55. The number of nitrogens with one attached hydrogen (secondary N) is 1. The summed E-state index contributed by atoms with van der Waals surface area (Å²) in [4.78, 5) is 40.9. The van der Waals surface area contributed by atoms with Crippen molar-refractivity contribution in [2.45, 2.75) is 6.61 Å². The van der Waals surface area contributed by atoms with Gasteiger partial charge in [0.15, 0.2) is 0 Å². The minimum absolute atomic E-state index is 0.114. The molecule has 0 atom stereocenters. The molecule has 0 bridgehead atoms. The number of carbonyl (C=O) groups excluding carboxylic acids is 1. The van der Waals surface area contributed by atoms with Crippen molar-refractivity contribution in [3.63, 3.8) is 0 Å². The molecule has 1 heterocycles. The SMILES string of the molecule is O=C(/C=C/c1ccccc1[N+](=O)[O-])OCc1nc2ccccc2c(=O)[nH]1. The summed E-state index contributed by atoms with van der Waals surface area (Å²) in [5.41, 5.74) is 0.346. The van der Waals surface area contributed by atoms with Gasteiger partial charge < -0.3 is 9.72 Å². The molecule has 0 saturated carbocycles. The van der Waals surface area contributed by atoms with Crippen LogP contribution in [0.25, 0.3) is 17.0 Å². The van der Waals surface area contributed by atoms with Crippen molar-refractivity contribution in [3.05, 3.63) is 86.5 Å². The third-order valence-electron chi connectivity index (χ3n) is 3.55. The molecule has 130 valence electrons. The van der Waals surface area contributed by atoms with Gasteiger partial charge in [-0.25, -0.2) is 9.78 Å². The molecule has 1 N–H and O–H groups in total. The van der Waals surface area contributed by atoms with Crippen molar-refractivity contribution >= 4 is 28.6 Å². The highest BCUT2D eigenvalue weighted by Crippen LogP contribution is 2.18. The van der Waals surface area contributed by atoms with Crippen LogP contribution in [0.3, 0.4) is 0 Å². The van der Waals surface area contributed by atoms with Crippen LogP contribution >= 0.6 is 0 Å². The van der Waals surface area contributed by atoms with Gasteiger partial charge in [-0.1, -0.05) is 24.3 Å². The van der Waals surface area contributed by atoms with Crippen LogP contribution in [0.15, 0.2) is 59.4 Å². The Morgan fingerprint density at radius 2 is 1.92 bits per heavy atom. The number of nitro benzene ring substituents is 1. The van der Waals surface area contributed by atoms with Gasteiger partial charge in [-0.2, -0.15) is 0 Å². The van der Waals surface area contributed by atoms with Crippen molar-refractivity contribution in [1.82, 2.24) is 9.97 Å². The first-order chi connectivity index (χ1) is 12.5. The number of hydrogen-bond donors (Lipinski definition) is 1. The maximum Gasteiger partial charge on any atom is 0.331 e. The molecule has 0 aliphatic carbocycles. The number of aromatic nitrogens is 2. The first-order valence-electron chi connectivity index (χ1n) is 7.61. The summed E-state index contributed by atoms with van der Waals surface area (Å²) < 4.78 is 5.03. The number of nitrogens with zero attached hydrogens (tertiary/aromatic N) is 2. The summed E-state index contributed by atoms with van der Waals surface area (Å²) in [5, 5.41) is 11.4. The number of nitro groups is 1. The van der Waals surface area contributed by atoms with Crippen molar-refractivity contribution in [2.75, 3.05) is 0 Å². The number of rotatable bonds is 5. The number of carbonyl (C=O) groups is 1. The number of fused-ring (bicyclic) bond motifs is 1. The van der Waals surface area contributed by atoms with Crippen LogP contribution in [-0.4, -0.2) is 20.9 Å². The summed E-state index contributed by atoms with van der Waals surface area (Å²) >= 11 is 0. The Kier molecular flexibility index (Phi) is 4.84. The lowest BCUT2D eigenvalue weighted by Crippen LogP contribution is -2.13. The summed E-state index contributed by atoms with van der Waals surface area (Å²) in [7, 11) is 0. The van der Waals surface area contributed by atoms with E-state index in [1.54, 1.807) is 30.3 Å². The molecule has 8 heteroatoms. The van der Waals surface area contributed by atoms with Crippen LogP contribution in [0.5, 0.6) is 0 Å². The van der Waals surface area contributed by atoms with E-state index >= 15 is 0 Å². The average Bonchev–Trinajstić information content (AvgIpc) is 2.65. The topological polar surface area (TPSA) is 115 Å². The minimum atomic E-state index is -0.709. The predicted octanol–water partition coefficient (Wildman–Crippen LogP) is 2.59. The highest BCUT2D eigenvalue weighted by molar-refractivity contribution is 5.87. The first-order valence-corrected chi connectivity index (χ1v) is 7.61. The molecular formula is C18H13N3O5. The third kappa shape index (κ3) is 3.81. The van der Waals surface area contributed by atoms with Crippen LogP contribution in [0.4, 0.5) is 5.69 Å². The maximum absolute atomic E-state index is 11.9. The van der Waals surface area contributed by atoms with E-state index in [0.717, 1.165) is 6.08 Å². The Labute approximate surface area is 146 Å². The zero-order valence-corrected chi connectivity index (χ0v) is 13.4. The van der Waals surface area contributed by atoms with Crippen LogP contribution in [0.2, 0.25) is 0 Å². The molecule has 26 heavy (non-hydrogen) atoms. The molecule has 8 nitrogen and oxygen atoms in total. The summed E-state index contributed by atoms with van der Waals surface area (Å²) in [5.74, 6) is -0.500. The Hall–Kier alpha value is -3.81. The van der Waals surface area contributed by atoms with Crippen LogP contribution in [0.1, 0.15) is 11.4 Å². The quantitative estimate of drug-likeness (QED) is 0.327. The zero-order valence-electron chi connectivity index (χ0n) is 13.4. The second kappa shape index (κ2) is 7.39. The van der Waals surface area contributed by atoms with Crippen LogP contribution in [0, 0.1) is 10.1 Å². The number of hydrogen-bond acceptors (Lipinski definition) is 6. The number of para-hydroxylation sites is 2. The van der Waals surface area contributed by atoms with Crippen LogP contribution in [-0.2, 0) is 16.1 Å². The Bertz CT molecular complexity index is 1070. The van der Waals surface area contributed by atoms with E-state index in [1.165, 1.54) is 24.3 Å². The van der Waals surface area contributed by atoms with Gasteiger partial charge in [-0.3, -0.25) is 14.9 Å². The van der Waals surface area contributed by atoms with Gasteiger partial charge in [-0.05, 0) is 24.3 Å². The predicted molar refractivity (Wildman–Crippen MR) is 94.3 cm³/mol. The molecule has 0 aliphatic heterocycles. The lowest BCUT2D eigenvalue weighted by molar-refractivity contribution is -0.385. The van der Waals surface area contributed by atoms with Gasteiger partial charge in [0.2, 0.25) is 0 Å². The normalized spacial score (nSPS) is 10.9. The molecule has 0 spiro atoms. The highest BCUT2D eigenvalue weighted by Gasteiger charge is 2.10. The molecule has 3 rings (SSSR count). The summed E-state index contributed by atoms with van der Waals surface area (Å²) in [6.45, 7) is -0.222. The fourth-order valence-electron chi connectivity index (χ4n) is 2.34. The molecule has 0 unspecified atom stereocenters. The number of ether oxygens (including phenoxy) is 1. The highest BCUT2D eigenvalue weighted by atomic mass is 16.6. The standard InChI is InChI=1S/C18H13N3O5/c22-17(10-9-12-5-1-4-8-15(12)21(24)25)26-11-16-19-14-7-3-2-6-13(14)18(23)20-16/h1-10H,11H2,(H,19,20,23)/b10-9+. The minimum Gasteiger partial charge on any atom is -0.454 e. The average molecular weight is 351 g/mol. The zero-order chi connectivity index (χ0) is 18.5.